The fourth-order valence-electron chi connectivity index (χ4n) is 4.74. The summed E-state index contributed by atoms with van der Waals surface area (Å²) in [4.78, 5) is 32.7. The highest BCUT2D eigenvalue weighted by Crippen LogP contribution is 2.37. The van der Waals surface area contributed by atoms with E-state index in [1.165, 1.54) is 0 Å². The Morgan fingerprint density at radius 1 is 1.07 bits per heavy atom. The van der Waals surface area contributed by atoms with Gasteiger partial charge in [-0.05, 0) is 75.9 Å². The van der Waals surface area contributed by atoms with Crippen molar-refractivity contribution in [3.8, 4) is 5.75 Å². The van der Waals surface area contributed by atoms with E-state index in [1.54, 1.807) is 21.3 Å². The Morgan fingerprint density at radius 2 is 1.80 bits per heavy atom. The predicted molar refractivity (Wildman–Crippen MR) is 165 cm³/mol. The standard InChI is InChI=1S/C31H40N6O3S/c1-7-10-18-41-31-34-30-32-22(6)27(29(39)33-25-13-11-12-20(4)21(25)5)28(37(30)35-31)23-14-16-24(17-15-23)40-19-26(38)36(8-2)9-3/h11-17,28H,7-10,18-19H2,1-6H3,(H,33,39)(H,32,34,35). The third kappa shape index (κ3) is 6.93. The van der Waals surface area contributed by atoms with Gasteiger partial charge in [-0.1, -0.05) is 49.4 Å². The first-order chi connectivity index (χ1) is 19.8. The number of ether oxygens (including phenoxy) is 1. The Labute approximate surface area is 246 Å². The van der Waals surface area contributed by atoms with Crippen LogP contribution < -0.4 is 15.4 Å². The molecule has 1 aliphatic rings. The number of thioether (sulfide) groups is 1. The fourth-order valence-corrected chi connectivity index (χ4v) is 5.65. The maximum Gasteiger partial charge on any atom is 0.260 e. The van der Waals surface area contributed by atoms with Crippen molar-refractivity contribution in [1.82, 2.24) is 19.7 Å². The molecule has 1 aliphatic heterocycles. The minimum atomic E-state index is -0.504. The van der Waals surface area contributed by atoms with Crippen molar-refractivity contribution >= 4 is 35.2 Å². The molecule has 9 nitrogen and oxygen atoms in total. The number of hydrogen-bond acceptors (Lipinski definition) is 7. The number of aromatic nitrogens is 3. The third-order valence-electron chi connectivity index (χ3n) is 7.33. The Balaban J connectivity index is 1.65. The van der Waals surface area contributed by atoms with Gasteiger partial charge in [0.25, 0.3) is 11.8 Å². The molecule has 0 fully saturated rings. The summed E-state index contributed by atoms with van der Waals surface area (Å²) in [6, 6.07) is 12.9. The molecular formula is C31H40N6O3S. The number of nitrogens with zero attached hydrogens (tertiary/aromatic N) is 4. The number of fused-ring (bicyclic) bond motifs is 1. The van der Waals surface area contributed by atoms with Gasteiger partial charge in [0.1, 0.15) is 11.8 Å². The zero-order chi connectivity index (χ0) is 29.5. The lowest BCUT2D eigenvalue weighted by Crippen LogP contribution is -2.34. The molecule has 0 bridgehead atoms. The van der Waals surface area contributed by atoms with Gasteiger partial charge in [0.15, 0.2) is 6.61 Å². The average molecular weight is 577 g/mol. The van der Waals surface area contributed by atoms with E-state index in [4.69, 9.17) is 14.8 Å². The van der Waals surface area contributed by atoms with Gasteiger partial charge in [0, 0.05) is 30.2 Å². The first-order valence-corrected chi connectivity index (χ1v) is 15.2. The van der Waals surface area contributed by atoms with Crippen molar-refractivity contribution in [2.24, 2.45) is 0 Å². The Hall–Kier alpha value is -3.79. The van der Waals surface area contributed by atoms with Crippen molar-refractivity contribution in [1.29, 1.82) is 0 Å². The van der Waals surface area contributed by atoms with Crippen molar-refractivity contribution < 1.29 is 14.3 Å². The van der Waals surface area contributed by atoms with Crippen molar-refractivity contribution in [2.75, 3.05) is 36.1 Å². The SMILES string of the molecule is CCCCSc1nc2n(n1)C(c1ccc(OCC(=O)N(CC)CC)cc1)C(C(=O)Nc1cccc(C)c1C)=C(C)N2. The Morgan fingerprint density at radius 3 is 2.49 bits per heavy atom. The molecular weight excluding hydrogens is 536 g/mol. The highest BCUT2D eigenvalue weighted by Gasteiger charge is 2.34. The molecule has 10 heteroatoms. The lowest BCUT2D eigenvalue weighted by molar-refractivity contribution is -0.133. The number of aryl methyl sites for hydroxylation is 1. The molecule has 4 rings (SSSR count). The maximum absolute atomic E-state index is 13.9. The molecule has 1 unspecified atom stereocenters. The number of rotatable bonds is 12. The number of likely N-dealkylation sites (N-methyl/N-ethyl adjacent to an activating group) is 1. The minimum absolute atomic E-state index is 0.0253. The molecule has 0 aliphatic carbocycles. The highest BCUT2D eigenvalue weighted by atomic mass is 32.2. The Kier molecular flexibility index (Phi) is 10.1. The van der Waals surface area contributed by atoms with Gasteiger partial charge >= 0.3 is 0 Å². The number of carbonyl (C=O) groups excluding carboxylic acids is 2. The van der Waals surface area contributed by atoms with E-state index in [2.05, 4.69) is 17.6 Å². The molecule has 41 heavy (non-hydrogen) atoms. The van der Waals surface area contributed by atoms with Crippen LogP contribution in [0.4, 0.5) is 11.6 Å². The van der Waals surface area contributed by atoms with Crippen LogP contribution in [-0.2, 0) is 9.59 Å². The minimum Gasteiger partial charge on any atom is -0.484 e. The van der Waals surface area contributed by atoms with Crippen LogP contribution in [0.25, 0.3) is 0 Å². The van der Waals surface area contributed by atoms with E-state index in [9.17, 15) is 9.59 Å². The van der Waals surface area contributed by atoms with Gasteiger partial charge < -0.3 is 20.3 Å². The molecule has 2 aromatic carbocycles. The van der Waals surface area contributed by atoms with E-state index in [1.807, 2.05) is 77.1 Å². The van der Waals surface area contributed by atoms with E-state index >= 15 is 0 Å². The van der Waals surface area contributed by atoms with Gasteiger partial charge in [-0.2, -0.15) is 4.98 Å². The second kappa shape index (κ2) is 13.7. The summed E-state index contributed by atoms with van der Waals surface area (Å²) in [5.41, 5.74) is 5.03. The molecule has 2 amide bonds. The van der Waals surface area contributed by atoms with Gasteiger partial charge in [0.2, 0.25) is 11.1 Å². The van der Waals surface area contributed by atoms with E-state index in [-0.39, 0.29) is 18.4 Å². The zero-order valence-corrected chi connectivity index (χ0v) is 25.6. The first kappa shape index (κ1) is 30.2. The molecule has 2 N–H and O–H groups in total. The monoisotopic (exact) mass is 576 g/mol. The summed E-state index contributed by atoms with van der Waals surface area (Å²) in [6.45, 7) is 13.2. The summed E-state index contributed by atoms with van der Waals surface area (Å²) in [5, 5.41) is 11.9. The quantitative estimate of drug-likeness (QED) is 0.203. The van der Waals surface area contributed by atoms with E-state index in [0.717, 1.165) is 41.0 Å². The number of anilines is 2. The number of hydrogen-bond donors (Lipinski definition) is 2. The second-order valence-corrected chi connectivity index (χ2v) is 11.1. The van der Waals surface area contributed by atoms with Crippen LogP contribution in [0.15, 0.2) is 58.9 Å². The molecule has 0 saturated carbocycles. The largest absolute Gasteiger partial charge is 0.484 e. The molecule has 2 heterocycles. The van der Waals surface area contributed by atoms with Crippen molar-refractivity contribution in [3.05, 3.63) is 70.4 Å². The van der Waals surface area contributed by atoms with Crippen molar-refractivity contribution in [3.63, 3.8) is 0 Å². The van der Waals surface area contributed by atoms with Crippen LogP contribution in [0.2, 0.25) is 0 Å². The third-order valence-corrected chi connectivity index (χ3v) is 8.26. The zero-order valence-electron chi connectivity index (χ0n) is 24.8. The normalized spacial score (nSPS) is 14.3. The lowest BCUT2D eigenvalue weighted by atomic mass is 9.94. The summed E-state index contributed by atoms with van der Waals surface area (Å²) in [5.74, 6) is 1.84. The van der Waals surface area contributed by atoms with Crippen LogP contribution in [0.1, 0.15) is 63.3 Å². The number of allylic oxidation sites excluding steroid dienone is 1. The number of amides is 2. The van der Waals surface area contributed by atoms with Crippen LogP contribution in [-0.4, -0.2) is 56.9 Å². The molecule has 1 aromatic heterocycles. The molecule has 0 saturated heterocycles. The van der Waals surface area contributed by atoms with Crippen LogP contribution in [0.5, 0.6) is 5.75 Å². The first-order valence-electron chi connectivity index (χ1n) is 14.2. The predicted octanol–water partition coefficient (Wildman–Crippen LogP) is 5.96. The van der Waals surface area contributed by atoms with Crippen LogP contribution >= 0.6 is 11.8 Å². The number of carbonyl (C=O) groups is 2. The average Bonchev–Trinajstić information content (AvgIpc) is 3.36. The van der Waals surface area contributed by atoms with Gasteiger partial charge in [-0.25, -0.2) is 4.68 Å². The maximum atomic E-state index is 13.9. The van der Waals surface area contributed by atoms with Crippen LogP contribution in [0.3, 0.4) is 0 Å². The number of nitrogens with one attached hydrogen (secondary N) is 2. The van der Waals surface area contributed by atoms with Gasteiger partial charge in [-0.3, -0.25) is 9.59 Å². The molecule has 3 aromatic rings. The fraction of sp³-hybridized carbons (Fsp3) is 0.419. The second-order valence-electron chi connectivity index (χ2n) is 10.1. The molecule has 1 atom stereocenters. The number of benzene rings is 2. The highest BCUT2D eigenvalue weighted by molar-refractivity contribution is 7.99. The number of unbranched alkanes of at least 4 members (excludes halogenated alkanes) is 1. The van der Waals surface area contributed by atoms with Gasteiger partial charge in [0.05, 0.1) is 5.57 Å². The smallest absolute Gasteiger partial charge is 0.260 e. The lowest BCUT2D eigenvalue weighted by Gasteiger charge is -2.29. The van der Waals surface area contributed by atoms with Crippen LogP contribution in [0, 0.1) is 13.8 Å². The summed E-state index contributed by atoms with van der Waals surface area (Å²) < 4.78 is 7.58. The molecule has 0 spiro atoms. The van der Waals surface area contributed by atoms with Gasteiger partial charge in [-0.15, -0.1) is 5.10 Å². The topological polar surface area (TPSA) is 101 Å². The molecule has 0 radical (unpaired) electrons. The van der Waals surface area contributed by atoms with E-state index in [0.29, 0.717) is 41.2 Å². The van der Waals surface area contributed by atoms with Crippen molar-refractivity contribution in [2.45, 2.75) is 65.6 Å². The molecule has 218 valence electrons. The summed E-state index contributed by atoms with van der Waals surface area (Å²) in [7, 11) is 0. The summed E-state index contributed by atoms with van der Waals surface area (Å²) >= 11 is 1.61. The van der Waals surface area contributed by atoms with E-state index < -0.39 is 6.04 Å². The summed E-state index contributed by atoms with van der Waals surface area (Å²) in [6.07, 6.45) is 2.17. The Bertz CT molecular complexity index is 1410.